The SMILES string of the molecule is CC(=O)NCc1ccc(C(=O)OCC(=O)NCCCOC(C)C)cc1. The zero-order chi connectivity index (χ0) is 18.7. The summed E-state index contributed by atoms with van der Waals surface area (Å²) in [5.41, 5.74) is 1.22. The van der Waals surface area contributed by atoms with E-state index in [1.165, 1.54) is 6.92 Å². The maximum Gasteiger partial charge on any atom is 0.338 e. The molecule has 0 aliphatic carbocycles. The van der Waals surface area contributed by atoms with Crippen molar-refractivity contribution in [3.8, 4) is 0 Å². The number of ether oxygens (including phenoxy) is 2. The van der Waals surface area contributed by atoms with Crippen LogP contribution in [0.4, 0.5) is 0 Å². The molecule has 0 fully saturated rings. The second kappa shape index (κ2) is 11.2. The Bertz CT molecular complexity index is 569. The van der Waals surface area contributed by atoms with Crippen LogP contribution in [-0.2, 0) is 25.6 Å². The number of carbonyl (C=O) groups excluding carboxylic acids is 3. The van der Waals surface area contributed by atoms with Crippen molar-refractivity contribution in [2.24, 2.45) is 0 Å². The van der Waals surface area contributed by atoms with Crippen LogP contribution in [0.25, 0.3) is 0 Å². The van der Waals surface area contributed by atoms with Crippen molar-refractivity contribution in [1.29, 1.82) is 0 Å². The van der Waals surface area contributed by atoms with Gasteiger partial charge in [-0.1, -0.05) is 12.1 Å². The highest BCUT2D eigenvalue weighted by atomic mass is 16.5. The standard InChI is InChI=1S/C18H26N2O5/c1-13(2)24-10-4-9-19-17(22)12-25-18(23)16-7-5-15(6-8-16)11-20-14(3)21/h5-8,13H,4,9-12H2,1-3H3,(H,19,22)(H,20,21). The van der Waals surface area contributed by atoms with E-state index in [1.54, 1.807) is 24.3 Å². The highest BCUT2D eigenvalue weighted by Crippen LogP contribution is 2.06. The zero-order valence-electron chi connectivity index (χ0n) is 15.0. The number of esters is 1. The first kappa shape index (κ1) is 20.6. The monoisotopic (exact) mass is 350 g/mol. The van der Waals surface area contributed by atoms with Crippen molar-refractivity contribution >= 4 is 17.8 Å². The van der Waals surface area contributed by atoms with E-state index in [0.29, 0.717) is 31.7 Å². The van der Waals surface area contributed by atoms with Crippen LogP contribution in [0.5, 0.6) is 0 Å². The van der Waals surface area contributed by atoms with Crippen LogP contribution in [0, 0.1) is 0 Å². The summed E-state index contributed by atoms with van der Waals surface area (Å²) in [5, 5.41) is 5.33. The molecule has 2 N–H and O–H groups in total. The molecule has 7 nitrogen and oxygen atoms in total. The lowest BCUT2D eigenvalue weighted by atomic mass is 10.1. The highest BCUT2D eigenvalue weighted by Gasteiger charge is 2.10. The molecule has 7 heteroatoms. The first-order valence-electron chi connectivity index (χ1n) is 8.27. The van der Waals surface area contributed by atoms with Crippen molar-refractivity contribution in [2.45, 2.75) is 39.8 Å². The van der Waals surface area contributed by atoms with Crippen LogP contribution in [0.1, 0.15) is 43.1 Å². The Morgan fingerprint density at radius 1 is 1.08 bits per heavy atom. The summed E-state index contributed by atoms with van der Waals surface area (Å²) in [7, 11) is 0. The van der Waals surface area contributed by atoms with E-state index in [-0.39, 0.29) is 24.5 Å². The third-order valence-electron chi connectivity index (χ3n) is 3.16. The minimum Gasteiger partial charge on any atom is -0.452 e. The van der Waals surface area contributed by atoms with E-state index in [1.807, 2.05) is 13.8 Å². The Morgan fingerprint density at radius 2 is 1.76 bits per heavy atom. The molecule has 2 amide bonds. The largest absolute Gasteiger partial charge is 0.452 e. The van der Waals surface area contributed by atoms with Gasteiger partial charge in [-0.3, -0.25) is 9.59 Å². The molecule has 0 saturated heterocycles. The van der Waals surface area contributed by atoms with E-state index in [9.17, 15) is 14.4 Å². The van der Waals surface area contributed by atoms with Gasteiger partial charge in [-0.05, 0) is 38.0 Å². The average Bonchev–Trinajstić information content (AvgIpc) is 2.57. The molecule has 25 heavy (non-hydrogen) atoms. The van der Waals surface area contributed by atoms with Crippen LogP contribution in [0.15, 0.2) is 24.3 Å². The fraction of sp³-hybridized carbons (Fsp3) is 0.500. The summed E-state index contributed by atoms with van der Waals surface area (Å²) in [4.78, 5) is 34.3. The van der Waals surface area contributed by atoms with Crippen molar-refractivity contribution in [3.05, 3.63) is 35.4 Å². The lowest BCUT2D eigenvalue weighted by Gasteiger charge is -2.09. The van der Waals surface area contributed by atoms with E-state index in [0.717, 1.165) is 5.56 Å². The Balaban J connectivity index is 2.26. The van der Waals surface area contributed by atoms with Crippen molar-refractivity contribution < 1.29 is 23.9 Å². The fourth-order valence-corrected chi connectivity index (χ4v) is 1.87. The molecule has 0 aromatic heterocycles. The molecule has 0 spiro atoms. The molecule has 1 aromatic rings. The molecule has 0 aliphatic rings. The lowest BCUT2D eigenvalue weighted by molar-refractivity contribution is -0.124. The molecule has 0 heterocycles. The Hall–Kier alpha value is -2.41. The van der Waals surface area contributed by atoms with Gasteiger partial charge in [0.05, 0.1) is 11.7 Å². The maximum atomic E-state index is 11.9. The molecule has 0 unspecified atom stereocenters. The quantitative estimate of drug-likeness (QED) is 0.491. The second-order valence-corrected chi connectivity index (χ2v) is 5.81. The van der Waals surface area contributed by atoms with E-state index < -0.39 is 5.97 Å². The normalized spacial score (nSPS) is 10.4. The topological polar surface area (TPSA) is 93.7 Å². The second-order valence-electron chi connectivity index (χ2n) is 5.81. The van der Waals surface area contributed by atoms with Gasteiger partial charge in [0.15, 0.2) is 6.61 Å². The molecular formula is C18H26N2O5. The van der Waals surface area contributed by atoms with Crippen molar-refractivity contribution in [1.82, 2.24) is 10.6 Å². The minimum absolute atomic E-state index is 0.120. The molecule has 0 bridgehead atoms. The van der Waals surface area contributed by atoms with Gasteiger partial charge in [0.2, 0.25) is 5.91 Å². The first-order valence-corrected chi connectivity index (χ1v) is 8.27. The van der Waals surface area contributed by atoms with E-state index in [2.05, 4.69) is 10.6 Å². The molecule has 138 valence electrons. The smallest absolute Gasteiger partial charge is 0.338 e. The average molecular weight is 350 g/mol. The van der Waals surface area contributed by atoms with Crippen LogP contribution in [0.3, 0.4) is 0 Å². The van der Waals surface area contributed by atoms with Crippen LogP contribution >= 0.6 is 0 Å². The fourth-order valence-electron chi connectivity index (χ4n) is 1.87. The first-order chi connectivity index (χ1) is 11.9. The number of hydrogen-bond donors (Lipinski definition) is 2. The van der Waals surface area contributed by atoms with Gasteiger partial charge in [-0.2, -0.15) is 0 Å². The third-order valence-corrected chi connectivity index (χ3v) is 3.16. The molecule has 0 saturated carbocycles. The Morgan fingerprint density at radius 3 is 2.36 bits per heavy atom. The Labute approximate surface area is 148 Å². The summed E-state index contributed by atoms with van der Waals surface area (Å²) in [6.45, 7) is 6.46. The summed E-state index contributed by atoms with van der Waals surface area (Å²) in [6.07, 6.45) is 0.870. The third kappa shape index (κ3) is 9.46. The van der Waals surface area contributed by atoms with Gasteiger partial charge in [0.25, 0.3) is 5.91 Å². The van der Waals surface area contributed by atoms with Crippen LogP contribution in [-0.4, -0.2) is 43.6 Å². The number of hydrogen-bond acceptors (Lipinski definition) is 5. The highest BCUT2D eigenvalue weighted by molar-refractivity contribution is 5.91. The van der Waals surface area contributed by atoms with Gasteiger partial charge in [0.1, 0.15) is 0 Å². The maximum absolute atomic E-state index is 11.9. The lowest BCUT2D eigenvalue weighted by Crippen LogP contribution is -2.30. The number of carbonyl (C=O) groups is 3. The molecule has 1 aromatic carbocycles. The van der Waals surface area contributed by atoms with Crippen molar-refractivity contribution in [3.63, 3.8) is 0 Å². The number of nitrogens with one attached hydrogen (secondary N) is 2. The van der Waals surface area contributed by atoms with Crippen LogP contribution in [0.2, 0.25) is 0 Å². The summed E-state index contributed by atoms with van der Waals surface area (Å²) < 4.78 is 10.3. The number of benzene rings is 1. The molecular weight excluding hydrogens is 324 g/mol. The van der Waals surface area contributed by atoms with Gasteiger partial charge < -0.3 is 20.1 Å². The molecule has 0 atom stereocenters. The van der Waals surface area contributed by atoms with Crippen molar-refractivity contribution in [2.75, 3.05) is 19.8 Å². The van der Waals surface area contributed by atoms with Crippen LogP contribution < -0.4 is 10.6 Å². The van der Waals surface area contributed by atoms with Gasteiger partial charge >= 0.3 is 5.97 Å². The number of amides is 2. The summed E-state index contributed by atoms with van der Waals surface area (Å²) >= 11 is 0. The Kier molecular flexibility index (Phi) is 9.24. The van der Waals surface area contributed by atoms with Gasteiger partial charge in [0, 0.05) is 26.6 Å². The summed E-state index contributed by atoms with van der Waals surface area (Å²) in [6, 6.07) is 6.64. The summed E-state index contributed by atoms with van der Waals surface area (Å²) in [5.74, 6) is -1.03. The zero-order valence-corrected chi connectivity index (χ0v) is 15.0. The molecule has 1 rings (SSSR count). The number of rotatable bonds is 10. The molecule has 0 radical (unpaired) electrons. The van der Waals surface area contributed by atoms with E-state index in [4.69, 9.17) is 9.47 Å². The van der Waals surface area contributed by atoms with Gasteiger partial charge in [-0.25, -0.2) is 4.79 Å². The predicted molar refractivity (Wildman–Crippen MR) is 93.0 cm³/mol. The predicted octanol–water partition coefficient (Wildman–Crippen LogP) is 1.41. The molecule has 0 aliphatic heterocycles. The minimum atomic E-state index is -0.565. The van der Waals surface area contributed by atoms with Gasteiger partial charge in [-0.15, -0.1) is 0 Å². The van der Waals surface area contributed by atoms with E-state index >= 15 is 0 Å².